The van der Waals surface area contributed by atoms with Crippen molar-refractivity contribution in [1.29, 1.82) is 0 Å². The summed E-state index contributed by atoms with van der Waals surface area (Å²) in [7, 11) is 2.03. The first kappa shape index (κ1) is 12.6. The van der Waals surface area contributed by atoms with Crippen LogP contribution in [0.2, 0.25) is 0 Å². The molecule has 0 radical (unpaired) electrons. The van der Waals surface area contributed by atoms with E-state index in [1.54, 1.807) is 0 Å². The first-order valence-electron chi connectivity index (χ1n) is 6.20. The predicted molar refractivity (Wildman–Crippen MR) is 75.7 cm³/mol. The fraction of sp³-hybridized carbons (Fsp3) is 0.267. The Morgan fingerprint density at radius 2 is 1.83 bits per heavy atom. The Hall–Kier alpha value is -1.87. The fourth-order valence-corrected chi connectivity index (χ4v) is 1.82. The molecule has 2 N–H and O–H groups in total. The van der Waals surface area contributed by atoms with Crippen molar-refractivity contribution in [2.75, 3.05) is 18.5 Å². The minimum Gasteiger partial charge on any atom is -0.360 e. The number of hydrogen-bond donors (Lipinski definition) is 1. The summed E-state index contributed by atoms with van der Waals surface area (Å²) in [4.78, 5) is 6.54. The molecule has 0 amide bonds. The van der Waals surface area contributed by atoms with Gasteiger partial charge in [-0.15, -0.1) is 0 Å². The van der Waals surface area contributed by atoms with E-state index in [1.165, 1.54) is 0 Å². The molecule has 0 saturated carbocycles. The van der Waals surface area contributed by atoms with Gasteiger partial charge in [0.25, 0.3) is 0 Å². The Morgan fingerprint density at radius 1 is 1.11 bits per heavy atom. The second kappa shape index (κ2) is 5.65. The highest BCUT2D eigenvalue weighted by atomic mass is 15.1. The lowest BCUT2D eigenvalue weighted by Crippen LogP contribution is -2.18. The van der Waals surface area contributed by atoms with Crippen LogP contribution < -0.4 is 10.6 Å². The molecule has 3 nitrogen and oxygen atoms in total. The molecule has 3 heteroatoms. The third kappa shape index (κ3) is 2.68. The van der Waals surface area contributed by atoms with Gasteiger partial charge in [-0.2, -0.15) is 0 Å². The molecule has 2 rings (SSSR count). The van der Waals surface area contributed by atoms with E-state index in [1.807, 2.05) is 55.7 Å². The smallest absolute Gasteiger partial charge is 0.128 e. The lowest BCUT2D eigenvalue weighted by atomic mass is 10.0. The van der Waals surface area contributed by atoms with Gasteiger partial charge in [0.2, 0.25) is 0 Å². The van der Waals surface area contributed by atoms with Crippen LogP contribution in [0.3, 0.4) is 0 Å². The molecule has 94 valence electrons. The van der Waals surface area contributed by atoms with Crippen molar-refractivity contribution in [3.8, 4) is 0 Å². The van der Waals surface area contributed by atoms with Gasteiger partial charge in [0.05, 0.1) is 6.04 Å². The van der Waals surface area contributed by atoms with Crippen molar-refractivity contribution in [2.24, 2.45) is 5.73 Å². The van der Waals surface area contributed by atoms with Gasteiger partial charge in [0.1, 0.15) is 5.82 Å². The Labute approximate surface area is 108 Å². The molecule has 0 aliphatic carbocycles. The summed E-state index contributed by atoms with van der Waals surface area (Å²) >= 11 is 0. The van der Waals surface area contributed by atoms with Crippen LogP contribution in [-0.4, -0.2) is 18.6 Å². The molecular formula is C15H19N3. The molecule has 1 atom stereocenters. The minimum absolute atomic E-state index is 0.111. The first-order chi connectivity index (χ1) is 8.72. The molecule has 0 spiro atoms. The van der Waals surface area contributed by atoms with E-state index in [0.29, 0.717) is 0 Å². The molecule has 0 unspecified atom stereocenters. The summed E-state index contributed by atoms with van der Waals surface area (Å²) in [6.45, 7) is 3.04. The zero-order valence-corrected chi connectivity index (χ0v) is 10.9. The molecule has 1 aromatic carbocycles. The largest absolute Gasteiger partial charge is 0.360 e. The number of hydrogen-bond acceptors (Lipinski definition) is 3. The topological polar surface area (TPSA) is 42.1 Å². The molecule has 0 aliphatic rings. The van der Waals surface area contributed by atoms with Crippen LogP contribution in [0.15, 0.2) is 48.7 Å². The Balaban J connectivity index is 2.19. The molecule has 18 heavy (non-hydrogen) atoms. The van der Waals surface area contributed by atoms with E-state index in [9.17, 15) is 0 Å². The van der Waals surface area contributed by atoms with Crippen LogP contribution in [0.25, 0.3) is 0 Å². The highest BCUT2D eigenvalue weighted by Gasteiger charge is 2.09. The Kier molecular flexibility index (Phi) is 3.95. The van der Waals surface area contributed by atoms with Crippen molar-refractivity contribution in [3.05, 3.63) is 59.8 Å². The number of pyridine rings is 1. The van der Waals surface area contributed by atoms with Gasteiger partial charge in [-0.25, -0.2) is 4.98 Å². The third-order valence-corrected chi connectivity index (χ3v) is 3.15. The predicted octanol–water partition coefficient (Wildman–Crippen LogP) is 2.59. The number of rotatable bonds is 4. The highest BCUT2D eigenvalue weighted by molar-refractivity contribution is 5.40. The van der Waals surface area contributed by atoms with Gasteiger partial charge in [-0.05, 0) is 24.1 Å². The maximum Gasteiger partial charge on any atom is 0.128 e. The van der Waals surface area contributed by atoms with Crippen LogP contribution >= 0.6 is 0 Å². The van der Waals surface area contributed by atoms with Crippen molar-refractivity contribution in [3.63, 3.8) is 0 Å². The summed E-state index contributed by atoms with van der Waals surface area (Å²) in [5.74, 6) is 0.974. The van der Waals surface area contributed by atoms with E-state index >= 15 is 0 Å². The molecule has 1 heterocycles. The Morgan fingerprint density at radius 3 is 2.39 bits per heavy atom. The molecule has 0 fully saturated rings. The molecule has 0 saturated heterocycles. The lowest BCUT2D eigenvalue weighted by Gasteiger charge is -2.17. The van der Waals surface area contributed by atoms with E-state index in [0.717, 1.165) is 23.5 Å². The van der Waals surface area contributed by atoms with Crippen molar-refractivity contribution in [1.82, 2.24) is 4.98 Å². The summed E-state index contributed by atoms with van der Waals surface area (Å²) in [6.07, 6.45) is 1.86. The molecule has 0 aliphatic heterocycles. The summed E-state index contributed by atoms with van der Waals surface area (Å²) in [5, 5.41) is 0. The van der Waals surface area contributed by atoms with Crippen molar-refractivity contribution >= 4 is 5.82 Å². The normalized spacial score (nSPS) is 12.2. The van der Waals surface area contributed by atoms with Crippen molar-refractivity contribution in [2.45, 2.75) is 13.0 Å². The summed E-state index contributed by atoms with van der Waals surface area (Å²) in [5.41, 5.74) is 8.37. The SMILES string of the molecule is CCN(C)c1ccc([C@@H](N)c2ccccc2)cn1. The first-order valence-corrected chi connectivity index (χ1v) is 6.20. The van der Waals surface area contributed by atoms with Gasteiger partial charge >= 0.3 is 0 Å². The maximum atomic E-state index is 6.22. The van der Waals surface area contributed by atoms with Gasteiger partial charge in [0, 0.05) is 19.8 Å². The number of nitrogens with two attached hydrogens (primary N) is 1. The van der Waals surface area contributed by atoms with E-state index in [4.69, 9.17) is 5.73 Å². The minimum atomic E-state index is -0.111. The summed E-state index contributed by atoms with van der Waals surface area (Å²) in [6, 6.07) is 14.0. The highest BCUT2D eigenvalue weighted by Crippen LogP contribution is 2.20. The van der Waals surface area contributed by atoms with E-state index in [-0.39, 0.29) is 6.04 Å². The monoisotopic (exact) mass is 241 g/mol. The standard InChI is InChI=1S/C15H19N3/c1-3-18(2)14-10-9-13(11-17-14)15(16)12-7-5-4-6-8-12/h4-11,15H,3,16H2,1-2H3/t15-/m0/s1. The maximum absolute atomic E-state index is 6.22. The lowest BCUT2D eigenvalue weighted by molar-refractivity contribution is 0.856. The van der Waals surface area contributed by atoms with Crippen LogP contribution in [-0.2, 0) is 0 Å². The van der Waals surface area contributed by atoms with Crippen LogP contribution in [0.5, 0.6) is 0 Å². The van der Waals surface area contributed by atoms with Gasteiger partial charge < -0.3 is 10.6 Å². The number of nitrogens with zero attached hydrogens (tertiary/aromatic N) is 2. The van der Waals surface area contributed by atoms with Crippen molar-refractivity contribution < 1.29 is 0 Å². The van der Waals surface area contributed by atoms with Crippen LogP contribution in [0.1, 0.15) is 24.1 Å². The summed E-state index contributed by atoms with van der Waals surface area (Å²) < 4.78 is 0. The number of anilines is 1. The molecule has 2 aromatic rings. The van der Waals surface area contributed by atoms with Gasteiger partial charge in [0.15, 0.2) is 0 Å². The van der Waals surface area contributed by atoms with Crippen LogP contribution in [0, 0.1) is 0 Å². The average Bonchev–Trinajstić information content (AvgIpc) is 2.47. The van der Waals surface area contributed by atoms with E-state index < -0.39 is 0 Å². The second-order valence-corrected chi connectivity index (χ2v) is 4.35. The van der Waals surface area contributed by atoms with Crippen LogP contribution in [0.4, 0.5) is 5.82 Å². The van der Waals surface area contributed by atoms with E-state index in [2.05, 4.69) is 16.8 Å². The zero-order valence-electron chi connectivity index (χ0n) is 10.9. The average molecular weight is 241 g/mol. The van der Waals surface area contributed by atoms with Gasteiger partial charge in [-0.1, -0.05) is 36.4 Å². The molecule has 1 aromatic heterocycles. The number of benzene rings is 1. The fourth-order valence-electron chi connectivity index (χ4n) is 1.82. The zero-order chi connectivity index (χ0) is 13.0. The second-order valence-electron chi connectivity index (χ2n) is 4.35. The molecular weight excluding hydrogens is 222 g/mol. The number of aromatic nitrogens is 1. The Bertz CT molecular complexity index is 479. The van der Waals surface area contributed by atoms with Gasteiger partial charge in [-0.3, -0.25) is 0 Å². The third-order valence-electron chi connectivity index (χ3n) is 3.15. The quantitative estimate of drug-likeness (QED) is 0.894. The molecule has 0 bridgehead atoms.